The van der Waals surface area contributed by atoms with Crippen molar-refractivity contribution in [3.8, 4) is 5.75 Å². The maximum atomic E-state index is 12.6. The number of benzene rings is 1. The predicted octanol–water partition coefficient (Wildman–Crippen LogP) is 4.94. The third kappa shape index (κ3) is 4.63. The summed E-state index contributed by atoms with van der Waals surface area (Å²) in [6, 6.07) is 2.06. The molecule has 1 rings (SSSR count). The van der Waals surface area contributed by atoms with Gasteiger partial charge in [-0.15, -0.1) is 0 Å². The van der Waals surface area contributed by atoms with Crippen LogP contribution in [0.15, 0.2) is 12.1 Å². The first-order valence-corrected chi connectivity index (χ1v) is 7.33. The van der Waals surface area contributed by atoms with Gasteiger partial charge < -0.3 is 10.8 Å². The van der Waals surface area contributed by atoms with Gasteiger partial charge in [-0.1, -0.05) is 41.5 Å². The molecule has 22 heavy (non-hydrogen) atoms. The van der Waals surface area contributed by atoms with Crippen LogP contribution in [0.5, 0.6) is 5.75 Å². The molecule has 1 atom stereocenters. The van der Waals surface area contributed by atoms with Crippen molar-refractivity contribution in [2.75, 3.05) is 0 Å². The lowest BCUT2D eigenvalue weighted by molar-refractivity contribution is -0.138. The Morgan fingerprint density at radius 2 is 1.32 bits per heavy atom. The number of rotatable bonds is 2. The highest BCUT2D eigenvalue weighted by molar-refractivity contribution is 5.50. The highest BCUT2D eigenvalue weighted by atomic mass is 19.4. The van der Waals surface area contributed by atoms with Crippen LogP contribution in [-0.4, -0.2) is 11.3 Å². The number of alkyl halides is 3. The van der Waals surface area contributed by atoms with Crippen LogP contribution in [0.25, 0.3) is 0 Å². The van der Waals surface area contributed by atoms with Crippen LogP contribution in [0.2, 0.25) is 0 Å². The molecule has 0 unspecified atom stereocenters. The molecule has 0 heterocycles. The summed E-state index contributed by atoms with van der Waals surface area (Å²) in [6.07, 6.45) is -5.40. The molecular formula is C17H26F3NO. The van der Waals surface area contributed by atoms with E-state index in [2.05, 4.69) is 0 Å². The van der Waals surface area contributed by atoms with Crippen molar-refractivity contribution < 1.29 is 18.3 Å². The van der Waals surface area contributed by atoms with Crippen molar-refractivity contribution in [3.63, 3.8) is 0 Å². The van der Waals surface area contributed by atoms with Crippen LogP contribution in [0.4, 0.5) is 13.2 Å². The van der Waals surface area contributed by atoms with Gasteiger partial charge >= 0.3 is 6.18 Å². The van der Waals surface area contributed by atoms with Gasteiger partial charge in [-0.3, -0.25) is 0 Å². The number of hydrogen-bond acceptors (Lipinski definition) is 2. The molecular weight excluding hydrogens is 291 g/mol. The first kappa shape index (κ1) is 18.8. The molecule has 0 radical (unpaired) electrons. The summed E-state index contributed by atoms with van der Waals surface area (Å²) in [4.78, 5) is 0. The van der Waals surface area contributed by atoms with E-state index >= 15 is 0 Å². The van der Waals surface area contributed by atoms with Crippen molar-refractivity contribution in [1.29, 1.82) is 0 Å². The monoisotopic (exact) mass is 317 g/mol. The maximum absolute atomic E-state index is 12.6. The average Bonchev–Trinajstić information content (AvgIpc) is 2.23. The smallest absolute Gasteiger partial charge is 0.390 e. The van der Waals surface area contributed by atoms with Crippen LogP contribution in [0.1, 0.15) is 70.7 Å². The van der Waals surface area contributed by atoms with Crippen molar-refractivity contribution in [1.82, 2.24) is 0 Å². The number of halogens is 3. The van der Waals surface area contributed by atoms with Crippen molar-refractivity contribution in [2.24, 2.45) is 5.73 Å². The third-order valence-electron chi connectivity index (χ3n) is 3.63. The fourth-order valence-corrected chi connectivity index (χ4v) is 2.38. The molecule has 5 heteroatoms. The van der Waals surface area contributed by atoms with E-state index in [1.165, 1.54) is 0 Å². The summed E-state index contributed by atoms with van der Waals surface area (Å²) in [5.74, 6) is 0.142. The highest BCUT2D eigenvalue weighted by Crippen LogP contribution is 2.41. The van der Waals surface area contributed by atoms with Crippen molar-refractivity contribution >= 4 is 0 Å². The van der Waals surface area contributed by atoms with Gasteiger partial charge in [0.1, 0.15) is 5.75 Å². The second-order valence-corrected chi connectivity index (χ2v) is 7.89. The Morgan fingerprint density at radius 1 is 0.955 bits per heavy atom. The first-order chi connectivity index (χ1) is 9.63. The summed E-state index contributed by atoms with van der Waals surface area (Å²) in [5, 5.41) is 10.5. The zero-order valence-corrected chi connectivity index (χ0v) is 14.1. The molecule has 0 aliphatic rings. The lowest BCUT2D eigenvalue weighted by Crippen LogP contribution is -2.23. The van der Waals surface area contributed by atoms with Gasteiger partial charge in [0.25, 0.3) is 0 Å². The predicted molar refractivity (Wildman–Crippen MR) is 83.1 cm³/mol. The fraction of sp³-hybridized carbons (Fsp3) is 0.647. The topological polar surface area (TPSA) is 46.2 Å². The Balaban J connectivity index is 3.48. The molecule has 0 spiro atoms. The van der Waals surface area contributed by atoms with Gasteiger partial charge in [0.15, 0.2) is 0 Å². The average molecular weight is 317 g/mol. The van der Waals surface area contributed by atoms with E-state index in [1.54, 1.807) is 12.1 Å². The van der Waals surface area contributed by atoms with Gasteiger partial charge in [0.2, 0.25) is 0 Å². The highest BCUT2D eigenvalue weighted by Gasteiger charge is 2.33. The van der Waals surface area contributed by atoms with Gasteiger partial charge in [-0.25, -0.2) is 0 Å². The lowest BCUT2D eigenvalue weighted by Gasteiger charge is -2.29. The van der Waals surface area contributed by atoms with Crippen LogP contribution in [-0.2, 0) is 10.8 Å². The maximum Gasteiger partial charge on any atom is 0.390 e. The molecule has 1 aromatic carbocycles. The number of aromatic hydroxyl groups is 1. The molecule has 0 bridgehead atoms. The molecule has 0 saturated carbocycles. The van der Waals surface area contributed by atoms with E-state index in [1.807, 2.05) is 41.5 Å². The largest absolute Gasteiger partial charge is 0.507 e. The third-order valence-corrected chi connectivity index (χ3v) is 3.63. The Hall–Kier alpha value is -1.23. The van der Waals surface area contributed by atoms with E-state index in [9.17, 15) is 18.3 Å². The second-order valence-electron chi connectivity index (χ2n) is 7.89. The van der Waals surface area contributed by atoms with E-state index in [0.29, 0.717) is 16.7 Å². The first-order valence-electron chi connectivity index (χ1n) is 7.33. The molecule has 0 saturated heterocycles. The molecule has 0 aromatic heterocycles. The van der Waals surface area contributed by atoms with Gasteiger partial charge in [0.05, 0.1) is 6.42 Å². The Labute approximate surface area is 130 Å². The molecule has 3 N–H and O–H groups in total. The minimum Gasteiger partial charge on any atom is -0.507 e. The zero-order valence-electron chi connectivity index (χ0n) is 14.1. The van der Waals surface area contributed by atoms with Crippen LogP contribution < -0.4 is 5.73 Å². The van der Waals surface area contributed by atoms with Crippen LogP contribution in [0, 0.1) is 0 Å². The van der Waals surface area contributed by atoms with Gasteiger partial charge in [-0.05, 0) is 39.7 Å². The fourth-order valence-electron chi connectivity index (χ4n) is 2.38. The Morgan fingerprint density at radius 3 is 1.59 bits per heavy atom. The Bertz CT molecular complexity index is 501. The van der Waals surface area contributed by atoms with E-state index in [-0.39, 0.29) is 5.75 Å². The molecule has 0 aliphatic carbocycles. The summed E-state index contributed by atoms with van der Waals surface area (Å²) in [6.45, 7) is 11.5. The van der Waals surface area contributed by atoms with Crippen LogP contribution in [0.3, 0.4) is 0 Å². The van der Waals surface area contributed by atoms with Crippen molar-refractivity contribution in [2.45, 2.75) is 71.0 Å². The molecule has 0 amide bonds. The number of hydrogen-bond donors (Lipinski definition) is 2. The number of phenols is 1. The summed E-state index contributed by atoms with van der Waals surface area (Å²) >= 11 is 0. The Kier molecular flexibility index (Phi) is 4.93. The van der Waals surface area contributed by atoms with Gasteiger partial charge in [0, 0.05) is 6.04 Å². The summed E-state index contributed by atoms with van der Waals surface area (Å²) < 4.78 is 37.8. The van der Waals surface area contributed by atoms with Crippen LogP contribution >= 0.6 is 0 Å². The number of nitrogens with two attached hydrogens (primary N) is 1. The molecule has 2 nitrogen and oxygen atoms in total. The quantitative estimate of drug-likeness (QED) is 0.811. The normalized spacial score (nSPS) is 15.0. The van der Waals surface area contributed by atoms with Crippen molar-refractivity contribution in [3.05, 3.63) is 28.8 Å². The van der Waals surface area contributed by atoms with E-state index in [0.717, 1.165) is 0 Å². The summed E-state index contributed by atoms with van der Waals surface area (Å²) in [5.41, 5.74) is 6.62. The minimum atomic E-state index is -4.32. The van der Waals surface area contributed by atoms with Gasteiger partial charge in [-0.2, -0.15) is 13.2 Å². The molecule has 126 valence electrons. The van der Waals surface area contributed by atoms with E-state index in [4.69, 9.17) is 5.73 Å². The molecule has 0 fully saturated rings. The zero-order chi connectivity index (χ0) is 17.5. The van der Waals surface area contributed by atoms with E-state index < -0.39 is 29.5 Å². The SMILES string of the molecule is CC(C)(C)c1cc([C@H](N)CC(F)(F)F)cc(C(C)(C)C)c1O. The minimum absolute atomic E-state index is 0.142. The lowest BCUT2D eigenvalue weighted by atomic mass is 9.77. The molecule has 1 aromatic rings. The second kappa shape index (κ2) is 5.76. The summed E-state index contributed by atoms with van der Waals surface area (Å²) in [7, 11) is 0. The number of phenolic OH excluding ortho intramolecular Hbond substituents is 1. The molecule has 0 aliphatic heterocycles. The standard InChI is InChI=1S/C17H26F3NO/c1-15(2,3)11-7-10(13(21)9-17(18,19)20)8-12(14(11)22)16(4,5)6/h7-8,13,22H,9,21H2,1-6H3/t13-/m1/s1.